The summed E-state index contributed by atoms with van der Waals surface area (Å²) < 4.78 is 5.55. The van der Waals surface area contributed by atoms with E-state index in [0.29, 0.717) is 31.1 Å². The molecule has 1 heterocycles. The van der Waals surface area contributed by atoms with Crippen molar-refractivity contribution in [3.8, 4) is 5.75 Å². The van der Waals surface area contributed by atoms with Crippen molar-refractivity contribution in [1.82, 2.24) is 16.0 Å². The highest BCUT2D eigenvalue weighted by Gasteiger charge is 2.22. The summed E-state index contributed by atoms with van der Waals surface area (Å²) in [5.41, 5.74) is 20.9. The lowest BCUT2D eigenvalue weighted by molar-refractivity contribution is -0.117. The highest BCUT2D eigenvalue weighted by molar-refractivity contribution is 6.32. The molecule has 3 rings (SSSR count). The fourth-order valence-electron chi connectivity index (χ4n) is 3.55. The van der Waals surface area contributed by atoms with Crippen molar-refractivity contribution >= 4 is 17.5 Å². The van der Waals surface area contributed by atoms with E-state index in [1.807, 2.05) is 49.4 Å². The van der Waals surface area contributed by atoms with Gasteiger partial charge < -0.3 is 37.9 Å². The Hall–Kier alpha value is -2.94. The largest absolute Gasteiger partial charge is 0.491 e. The van der Waals surface area contributed by atoms with E-state index in [2.05, 4.69) is 16.0 Å². The zero-order chi connectivity index (χ0) is 23.1. The van der Waals surface area contributed by atoms with Gasteiger partial charge in [0.1, 0.15) is 17.3 Å². The molecule has 32 heavy (non-hydrogen) atoms. The first-order valence-corrected chi connectivity index (χ1v) is 11.0. The summed E-state index contributed by atoms with van der Waals surface area (Å²) >= 11 is 6.32. The molecule has 8 nitrogen and oxygen atoms in total. The van der Waals surface area contributed by atoms with Crippen LogP contribution in [0.1, 0.15) is 23.6 Å². The number of benzene rings is 2. The lowest BCUT2D eigenvalue weighted by Gasteiger charge is -2.26. The quantitative estimate of drug-likeness (QED) is 0.231. The van der Waals surface area contributed by atoms with Gasteiger partial charge in [0.2, 0.25) is 0 Å². The lowest BCUT2D eigenvalue weighted by atomic mass is 10.0. The second kappa shape index (κ2) is 10.6. The number of nitrogens with two attached hydrogens (primary N) is 3. The number of carbonyl (C=O) groups excluding carboxylic acids is 1. The summed E-state index contributed by atoms with van der Waals surface area (Å²) in [5, 5.41) is 9.46. The minimum atomic E-state index is -1.05. The van der Waals surface area contributed by atoms with Gasteiger partial charge >= 0.3 is 0 Å². The van der Waals surface area contributed by atoms with Crippen LogP contribution >= 0.6 is 11.6 Å². The maximum absolute atomic E-state index is 12.6. The Morgan fingerprint density at radius 1 is 1.12 bits per heavy atom. The Morgan fingerprint density at radius 3 is 2.59 bits per heavy atom. The van der Waals surface area contributed by atoms with Gasteiger partial charge in [-0.1, -0.05) is 48.0 Å². The summed E-state index contributed by atoms with van der Waals surface area (Å²) in [6.07, 6.45) is 1.26. The highest BCUT2D eigenvalue weighted by atomic mass is 35.5. The van der Waals surface area contributed by atoms with E-state index in [1.54, 1.807) is 0 Å². The Labute approximate surface area is 193 Å². The first kappa shape index (κ1) is 23.7. The minimum absolute atomic E-state index is 0.167. The average molecular weight is 459 g/mol. The van der Waals surface area contributed by atoms with Crippen molar-refractivity contribution in [2.75, 3.05) is 19.7 Å². The predicted octanol–water partition coefficient (Wildman–Crippen LogP) is 1.07. The fourth-order valence-corrected chi connectivity index (χ4v) is 3.87. The van der Waals surface area contributed by atoms with Crippen molar-refractivity contribution in [1.29, 1.82) is 0 Å². The molecular formula is C23H31ClN6O2. The highest BCUT2D eigenvalue weighted by Crippen LogP contribution is 2.34. The molecule has 2 aromatic carbocycles. The Bertz CT molecular complexity index is 978. The molecule has 0 saturated carbocycles. The topological polar surface area (TPSA) is 140 Å². The van der Waals surface area contributed by atoms with Gasteiger partial charge in [-0.3, -0.25) is 4.79 Å². The number of halogens is 1. The van der Waals surface area contributed by atoms with Crippen LogP contribution in [0.4, 0.5) is 0 Å². The van der Waals surface area contributed by atoms with Gasteiger partial charge in [-0.2, -0.15) is 0 Å². The van der Waals surface area contributed by atoms with E-state index in [-0.39, 0.29) is 24.0 Å². The third kappa shape index (κ3) is 6.29. The van der Waals surface area contributed by atoms with E-state index in [1.165, 1.54) is 0 Å². The summed E-state index contributed by atoms with van der Waals surface area (Å²) in [6.45, 7) is 3.47. The maximum Gasteiger partial charge on any atom is 0.271 e. The van der Waals surface area contributed by atoms with Crippen molar-refractivity contribution in [3.63, 3.8) is 0 Å². The third-order valence-electron chi connectivity index (χ3n) is 5.09. The van der Waals surface area contributed by atoms with Gasteiger partial charge in [-0.05, 0) is 29.7 Å². The lowest BCUT2D eigenvalue weighted by Crippen LogP contribution is -2.58. The van der Waals surface area contributed by atoms with Gasteiger partial charge in [-0.25, -0.2) is 0 Å². The van der Waals surface area contributed by atoms with Crippen molar-refractivity contribution in [3.05, 3.63) is 75.7 Å². The number of amides is 1. The predicted molar refractivity (Wildman–Crippen MR) is 127 cm³/mol. The maximum atomic E-state index is 12.6. The zero-order valence-electron chi connectivity index (χ0n) is 18.2. The summed E-state index contributed by atoms with van der Waals surface area (Å²) in [6, 6.07) is 13.6. The monoisotopic (exact) mass is 458 g/mol. The number of rotatable bonds is 10. The molecule has 0 fully saturated rings. The Balaban J connectivity index is 1.69. The molecular weight excluding hydrogens is 428 g/mol. The number of nitrogens with one attached hydrogen (secondary N) is 3. The SMILES string of the molecule is CCNC(=O)/C(NCc1cc(Cl)c2c(c1)CCO2)=C(/N)NCC(N)(N)Cc1ccccc1. The number of carbonyl (C=O) groups is 1. The minimum Gasteiger partial charge on any atom is -0.491 e. The molecule has 1 amide bonds. The number of hydrogen-bond acceptors (Lipinski definition) is 7. The van der Waals surface area contributed by atoms with Crippen LogP contribution in [0.15, 0.2) is 54.0 Å². The summed E-state index contributed by atoms with van der Waals surface area (Å²) in [5.74, 6) is 0.576. The number of ether oxygens (including phenoxy) is 1. The molecule has 0 atom stereocenters. The molecule has 1 aliphatic heterocycles. The normalized spacial score (nSPS) is 13.6. The third-order valence-corrected chi connectivity index (χ3v) is 5.37. The van der Waals surface area contributed by atoms with Crippen LogP contribution in [0.5, 0.6) is 5.75 Å². The number of likely N-dealkylation sites (N-methyl/N-ethyl adjacent to an activating group) is 1. The molecule has 0 saturated heterocycles. The standard InChI is InChI=1S/C23H31ClN6O2/c1-2-28-22(31)19(29-13-16-10-17-8-9-32-20(17)18(24)11-16)21(25)30-14-23(26,27)12-15-6-4-3-5-7-15/h3-7,10-11,29-30H,2,8-9,12-14,25-27H2,1H3,(H,28,31)/b21-19+. The first-order chi connectivity index (χ1) is 15.3. The number of hydrogen-bond donors (Lipinski definition) is 6. The van der Waals surface area contributed by atoms with E-state index < -0.39 is 5.66 Å². The van der Waals surface area contributed by atoms with Crippen LogP contribution in [0.3, 0.4) is 0 Å². The zero-order valence-corrected chi connectivity index (χ0v) is 19.0. The van der Waals surface area contributed by atoms with Crippen LogP contribution in [0.2, 0.25) is 5.02 Å². The van der Waals surface area contributed by atoms with Crippen molar-refractivity contribution < 1.29 is 9.53 Å². The molecule has 9 N–H and O–H groups in total. The Kier molecular flexibility index (Phi) is 7.84. The van der Waals surface area contributed by atoms with Gasteiger partial charge in [0.05, 0.1) is 17.3 Å². The van der Waals surface area contributed by atoms with Crippen LogP contribution in [-0.4, -0.2) is 31.3 Å². The molecule has 0 radical (unpaired) electrons. The molecule has 0 spiro atoms. The summed E-state index contributed by atoms with van der Waals surface area (Å²) in [7, 11) is 0. The molecule has 1 aliphatic rings. The molecule has 9 heteroatoms. The first-order valence-electron chi connectivity index (χ1n) is 10.6. The smallest absolute Gasteiger partial charge is 0.271 e. The fraction of sp³-hybridized carbons (Fsp3) is 0.348. The van der Waals surface area contributed by atoms with Crippen LogP contribution in [-0.2, 0) is 24.2 Å². The van der Waals surface area contributed by atoms with E-state index in [4.69, 9.17) is 33.5 Å². The van der Waals surface area contributed by atoms with Gasteiger partial charge in [0.25, 0.3) is 5.91 Å². The molecule has 2 aromatic rings. The van der Waals surface area contributed by atoms with Gasteiger partial charge in [0, 0.05) is 32.5 Å². The Morgan fingerprint density at radius 2 is 1.88 bits per heavy atom. The van der Waals surface area contributed by atoms with E-state index >= 15 is 0 Å². The van der Waals surface area contributed by atoms with E-state index in [0.717, 1.165) is 28.9 Å². The van der Waals surface area contributed by atoms with E-state index in [9.17, 15) is 4.79 Å². The molecule has 0 bridgehead atoms. The van der Waals surface area contributed by atoms with Gasteiger partial charge in [-0.15, -0.1) is 0 Å². The van der Waals surface area contributed by atoms with Crippen LogP contribution in [0, 0.1) is 0 Å². The van der Waals surface area contributed by atoms with Crippen molar-refractivity contribution in [2.24, 2.45) is 17.2 Å². The molecule has 0 aliphatic carbocycles. The molecule has 172 valence electrons. The average Bonchev–Trinajstić information content (AvgIpc) is 3.22. The second-order valence-corrected chi connectivity index (χ2v) is 8.32. The molecule has 0 aromatic heterocycles. The molecule has 0 unspecified atom stereocenters. The number of fused-ring (bicyclic) bond motifs is 1. The van der Waals surface area contributed by atoms with Crippen LogP contribution < -0.4 is 37.9 Å². The van der Waals surface area contributed by atoms with Gasteiger partial charge in [0.15, 0.2) is 0 Å². The van der Waals surface area contributed by atoms with Crippen molar-refractivity contribution in [2.45, 2.75) is 32.0 Å². The van der Waals surface area contributed by atoms with Crippen LogP contribution in [0.25, 0.3) is 0 Å². The second-order valence-electron chi connectivity index (χ2n) is 7.92. The summed E-state index contributed by atoms with van der Waals surface area (Å²) in [4.78, 5) is 12.6.